The zero-order valence-electron chi connectivity index (χ0n) is 11.2. The van der Waals surface area contributed by atoms with Crippen molar-refractivity contribution in [3.63, 3.8) is 0 Å². The van der Waals surface area contributed by atoms with E-state index in [2.05, 4.69) is 46.4 Å². The predicted octanol–water partition coefficient (Wildman–Crippen LogP) is 3.98. The number of hydrogen-bond donors (Lipinski definition) is 0. The van der Waals surface area contributed by atoms with E-state index in [1.807, 2.05) is 24.5 Å². The van der Waals surface area contributed by atoms with Crippen LogP contribution in [-0.4, -0.2) is 9.97 Å². The summed E-state index contributed by atoms with van der Waals surface area (Å²) in [6.45, 7) is 0. The van der Waals surface area contributed by atoms with Gasteiger partial charge in [0.05, 0.1) is 11.4 Å². The molecule has 0 saturated heterocycles. The van der Waals surface area contributed by atoms with Crippen LogP contribution in [0.5, 0.6) is 0 Å². The van der Waals surface area contributed by atoms with Crippen molar-refractivity contribution in [1.82, 2.24) is 9.97 Å². The minimum absolute atomic E-state index is 0.626. The Labute approximate surface area is 118 Å². The second-order valence-electron chi connectivity index (χ2n) is 5.43. The molecule has 2 aromatic rings. The van der Waals surface area contributed by atoms with Gasteiger partial charge in [0, 0.05) is 12.4 Å². The fourth-order valence-electron chi connectivity index (χ4n) is 3.15. The lowest BCUT2D eigenvalue weighted by Crippen LogP contribution is -1.94. The van der Waals surface area contributed by atoms with Crippen LogP contribution in [0.3, 0.4) is 0 Å². The highest BCUT2D eigenvalue weighted by Gasteiger charge is 2.44. The van der Waals surface area contributed by atoms with Crippen LogP contribution in [0.2, 0.25) is 0 Å². The van der Waals surface area contributed by atoms with E-state index in [-0.39, 0.29) is 0 Å². The molecule has 2 heterocycles. The fraction of sp³-hybridized carbons (Fsp3) is 0.222. The van der Waals surface area contributed by atoms with Crippen molar-refractivity contribution in [3.8, 4) is 0 Å². The molecule has 0 radical (unpaired) electrons. The Morgan fingerprint density at radius 2 is 1.30 bits per heavy atom. The maximum atomic E-state index is 4.51. The smallest absolute Gasteiger partial charge is 0.0661 e. The highest BCUT2D eigenvalue weighted by molar-refractivity contribution is 5.78. The van der Waals surface area contributed by atoms with Crippen LogP contribution in [0.15, 0.2) is 60.9 Å². The molecule has 20 heavy (non-hydrogen) atoms. The largest absolute Gasteiger partial charge is 0.257 e. The molecule has 0 unspecified atom stereocenters. The second kappa shape index (κ2) is 4.71. The van der Waals surface area contributed by atoms with Gasteiger partial charge in [0.25, 0.3) is 0 Å². The topological polar surface area (TPSA) is 25.8 Å². The van der Waals surface area contributed by atoms with Gasteiger partial charge in [-0.15, -0.1) is 0 Å². The highest BCUT2D eigenvalue weighted by atomic mass is 14.7. The summed E-state index contributed by atoms with van der Waals surface area (Å²) in [5.41, 5.74) is 5.10. The molecule has 0 amide bonds. The molecule has 2 aromatic heterocycles. The van der Waals surface area contributed by atoms with Crippen LogP contribution in [0.1, 0.15) is 24.2 Å². The van der Waals surface area contributed by atoms with Gasteiger partial charge in [-0.2, -0.15) is 0 Å². The average molecular weight is 260 g/mol. The van der Waals surface area contributed by atoms with Crippen molar-refractivity contribution in [2.75, 3.05) is 0 Å². The summed E-state index contributed by atoms with van der Waals surface area (Å²) < 4.78 is 0. The van der Waals surface area contributed by atoms with E-state index in [1.54, 1.807) is 0 Å². The lowest BCUT2D eigenvalue weighted by atomic mass is 10.0. The Kier molecular flexibility index (Phi) is 2.73. The standard InChI is InChI=1S/C18H16N2/c1-3-10-19-17(8-1)13-6-5-7-14(16-12-15(13)16)18-9-2-4-11-20-18/h1-4,6-11,15-16H,5,12H2/t15-,16+. The van der Waals surface area contributed by atoms with Gasteiger partial charge in [-0.1, -0.05) is 24.3 Å². The van der Waals surface area contributed by atoms with Crippen molar-refractivity contribution < 1.29 is 0 Å². The van der Waals surface area contributed by atoms with Gasteiger partial charge in [-0.25, -0.2) is 0 Å². The van der Waals surface area contributed by atoms with E-state index in [0.717, 1.165) is 17.8 Å². The van der Waals surface area contributed by atoms with Gasteiger partial charge in [0.15, 0.2) is 0 Å². The number of aromatic nitrogens is 2. The quantitative estimate of drug-likeness (QED) is 0.816. The maximum absolute atomic E-state index is 4.51. The molecule has 0 aromatic carbocycles. The van der Waals surface area contributed by atoms with Gasteiger partial charge in [0.2, 0.25) is 0 Å². The molecule has 0 N–H and O–H groups in total. The average Bonchev–Trinajstić information content (AvgIpc) is 3.29. The van der Waals surface area contributed by atoms with Crippen molar-refractivity contribution in [2.24, 2.45) is 11.8 Å². The van der Waals surface area contributed by atoms with Gasteiger partial charge < -0.3 is 0 Å². The van der Waals surface area contributed by atoms with Gasteiger partial charge in [0.1, 0.15) is 0 Å². The number of rotatable bonds is 2. The summed E-state index contributed by atoms with van der Waals surface area (Å²) in [5.74, 6) is 1.25. The third-order valence-corrected chi connectivity index (χ3v) is 4.19. The first-order valence-electron chi connectivity index (χ1n) is 7.16. The van der Waals surface area contributed by atoms with Crippen LogP contribution in [0, 0.1) is 11.8 Å². The summed E-state index contributed by atoms with van der Waals surface area (Å²) in [6.07, 6.45) is 10.6. The summed E-state index contributed by atoms with van der Waals surface area (Å²) in [4.78, 5) is 9.02. The summed E-state index contributed by atoms with van der Waals surface area (Å²) >= 11 is 0. The van der Waals surface area contributed by atoms with Gasteiger partial charge >= 0.3 is 0 Å². The number of pyridine rings is 2. The van der Waals surface area contributed by atoms with Crippen LogP contribution in [-0.2, 0) is 0 Å². The molecule has 2 atom stereocenters. The van der Waals surface area contributed by atoms with Crippen molar-refractivity contribution in [1.29, 1.82) is 0 Å². The Bertz CT molecular complexity index is 612. The van der Waals surface area contributed by atoms with E-state index in [1.165, 1.54) is 17.6 Å². The van der Waals surface area contributed by atoms with Crippen LogP contribution >= 0.6 is 0 Å². The monoisotopic (exact) mass is 260 g/mol. The molecule has 98 valence electrons. The van der Waals surface area contributed by atoms with E-state index >= 15 is 0 Å². The molecular formula is C18H16N2. The van der Waals surface area contributed by atoms with Crippen LogP contribution in [0.4, 0.5) is 0 Å². The predicted molar refractivity (Wildman–Crippen MR) is 80.6 cm³/mol. The molecule has 4 rings (SSSR count). The first-order chi connectivity index (χ1) is 9.93. The van der Waals surface area contributed by atoms with Crippen LogP contribution in [0.25, 0.3) is 11.1 Å². The Hall–Kier alpha value is -2.22. The summed E-state index contributed by atoms with van der Waals surface area (Å²) in [7, 11) is 0. The minimum atomic E-state index is 0.626. The van der Waals surface area contributed by atoms with E-state index in [4.69, 9.17) is 0 Å². The summed E-state index contributed by atoms with van der Waals surface area (Å²) in [5, 5.41) is 0. The Morgan fingerprint density at radius 3 is 1.75 bits per heavy atom. The zero-order chi connectivity index (χ0) is 13.4. The van der Waals surface area contributed by atoms with Crippen molar-refractivity contribution in [2.45, 2.75) is 12.8 Å². The van der Waals surface area contributed by atoms with Crippen LogP contribution < -0.4 is 0 Å². The van der Waals surface area contributed by atoms with Gasteiger partial charge in [-0.3, -0.25) is 9.97 Å². The van der Waals surface area contributed by atoms with E-state index in [0.29, 0.717) is 11.8 Å². The Balaban J connectivity index is 1.64. The number of allylic oxidation sites excluding steroid dienone is 4. The number of nitrogens with zero attached hydrogens (tertiary/aromatic N) is 2. The second-order valence-corrected chi connectivity index (χ2v) is 5.43. The Morgan fingerprint density at radius 1 is 0.750 bits per heavy atom. The normalized spacial score (nSPS) is 24.2. The van der Waals surface area contributed by atoms with Crippen molar-refractivity contribution in [3.05, 3.63) is 72.3 Å². The molecule has 0 spiro atoms. The van der Waals surface area contributed by atoms with E-state index in [9.17, 15) is 0 Å². The van der Waals surface area contributed by atoms with E-state index < -0.39 is 0 Å². The third-order valence-electron chi connectivity index (χ3n) is 4.19. The zero-order valence-corrected chi connectivity index (χ0v) is 11.2. The minimum Gasteiger partial charge on any atom is -0.257 e. The molecule has 1 saturated carbocycles. The number of hydrogen-bond acceptors (Lipinski definition) is 2. The molecule has 2 nitrogen and oxygen atoms in total. The summed E-state index contributed by atoms with van der Waals surface area (Å²) in [6, 6.07) is 12.3. The highest BCUT2D eigenvalue weighted by Crippen LogP contribution is 2.55. The molecule has 0 bridgehead atoms. The number of fused-ring (bicyclic) bond motifs is 1. The molecule has 2 aliphatic rings. The lowest BCUT2D eigenvalue weighted by Gasteiger charge is -2.06. The molecule has 2 aliphatic carbocycles. The first-order valence-corrected chi connectivity index (χ1v) is 7.16. The fourth-order valence-corrected chi connectivity index (χ4v) is 3.15. The maximum Gasteiger partial charge on any atom is 0.0661 e. The molecular weight excluding hydrogens is 244 g/mol. The van der Waals surface area contributed by atoms with Crippen molar-refractivity contribution >= 4 is 11.1 Å². The molecule has 2 heteroatoms. The SMILES string of the molecule is C1=C(c2ccccn2)[C@H]2C[C@H]2C(c2ccccn2)=CC1. The van der Waals surface area contributed by atoms with Gasteiger partial charge in [-0.05, 0) is 60.1 Å². The lowest BCUT2D eigenvalue weighted by molar-refractivity contribution is 1.01. The molecule has 0 aliphatic heterocycles. The molecule has 1 fully saturated rings. The third kappa shape index (κ3) is 1.97. The first kappa shape index (κ1) is 11.6.